The molecule has 2 atom stereocenters. The number of halogens is 1. The predicted octanol–water partition coefficient (Wildman–Crippen LogP) is 3.76. The minimum Gasteiger partial charge on any atom is -0.497 e. The number of benzene rings is 2. The maximum absolute atomic E-state index is 13.3. The van der Waals surface area contributed by atoms with Crippen molar-refractivity contribution < 1.29 is 14.3 Å². The van der Waals surface area contributed by atoms with E-state index in [1.165, 1.54) is 11.8 Å². The number of carbonyl (C=O) groups is 1. The third-order valence-electron chi connectivity index (χ3n) is 4.73. The highest BCUT2D eigenvalue weighted by atomic mass is 79.9. The van der Waals surface area contributed by atoms with Crippen LogP contribution in [0.25, 0.3) is 0 Å². The number of ether oxygens (including phenoxy) is 2. The molecule has 1 aromatic heterocycles. The molecule has 1 aliphatic heterocycles. The van der Waals surface area contributed by atoms with Crippen molar-refractivity contribution in [1.82, 2.24) is 14.9 Å². The van der Waals surface area contributed by atoms with Crippen molar-refractivity contribution in [3.05, 3.63) is 58.3 Å². The minimum atomic E-state index is -0.479. The first kappa shape index (κ1) is 20.5. The van der Waals surface area contributed by atoms with Gasteiger partial charge in [0, 0.05) is 11.8 Å². The molecule has 0 saturated carbocycles. The zero-order chi connectivity index (χ0) is 21.3. The van der Waals surface area contributed by atoms with Crippen molar-refractivity contribution in [1.29, 1.82) is 0 Å². The number of nitrogens with one attached hydrogen (secondary N) is 2. The lowest BCUT2D eigenvalue weighted by Gasteiger charge is -2.33. The number of aryl methyl sites for hydroxylation is 1. The Morgan fingerprint density at radius 1 is 1.20 bits per heavy atom. The molecule has 0 aliphatic carbocycles. The van der Waals surface area contributed by atoms with Crippen molar-refractivity contribution in [3.63, 3.8) is 0 Å². The van der Waals surface area contributed by atoms with E-state index in [2.05, 4.69) is 36.9 Å². The number of rotatable bonds is 5. The highest BCUT2D eigenvalue weighted by Gasteiger charge is 2.37. The van der Waals surface area contributed by atoms with Crippen molar-refractivity contribution in [2.45, 2.75) is 23.4 Å². The Morgan fingerprint density at radius 2 is 2.03 bits per heavy atom. The van der Waals surface area contributed by atoms with E-state index in [1.54, 1.807) is 20.3 Å². The quantitative estimate of drug-likeness (QED) is 0.563. The van der Waals surface area contributed by atoms with E-state index in [4.69, 9.17) is 9.47 Å². The smallest absolute Gasteiger partial charge is 0.240 e. The van der Waals surface area contributed by atoms with E-state index in [9.17, 15) is 4.79 Å². The molecule has 156 valence electrons. The Labute approximate surface area is 186 Å². The molecule has 0 fully saturated rings. The fourth-order valence-corrected chi connectivity index (χ4v) is 4.88. The summed E-state index contributed by atoms with van der Waals surface area (Å²) in [6.45, 7) is 1.86. The number of anilines is 1. The van der Waals surface area contributed by atoms with Crippen LogP contribution in [0.5, 0.6) is 11.5 Å². The molecular weight excluding hydrogens is 470 g/mol. The van der Waals surface area contributed by atoms with Crippen LogP contribution < -0.4 is 20.2 Å². The molecule has 0 saturated heterocycles. The summed E-state index contributed by atoms with van der Waals surface area (Å²) in [6.07, 6.45) is 0. The Hall–Kier alpha value is -2.72. The lowest BCUT2D eigenvalue weighted by atomic mass is 10.0. The predicted molar refractivity (Wildman–Crippen MR) is 119 cm³/mol. The van der Waals surface area contributed by atoms with Crippen LogP contribution in [0.2, 0.25) is 0 Å². The Morgan fingerprint density at radius 3 is 2.77 bits per heavy atom. The zero-order valence-electron chi connectivity index (χ0n) is 16.5. The fraction of sp³-hybridized carbons (Fsp3) is 0.250. The van der Waals surface area contributed by atoms with E-state index in [0.717, 1.165) is 21.6 Å². The van der Waals surface area contributed by atoms with Gasteiger partial charge in [-0.15, -0.1) is 10.2 Å². The lowest BCUT2D eigenvalue weighted by molar-refractivity contribution is -0.116. The summed E-state index contributed by atoms with van der Waals surface area (Å²) in [6, 6.07) is 12.7. The van der Waals surface area contributed by atoms with Gasteiger partial charge in [-0.05, 0) is 52.7 Å². The third-order valence-corrected chi connectivity index (χ3v) is 6.56. The summed E-state index contributed by atoms with van der Waals surface area (Å²) >= 11 is 4.90. The maximum atomic E-state index is 13.3. The molecule has 30 heavy (non-hydrogen) atoms. The molecule has 2 heterocycles. The number of thioether (sulfide) groups is 1. The highest BCUT2D eigenvalue weighted by Crippen LogP contribution is 2.39. The number of amides is 1. The highest BCUT2D eigenvalue weighted by molar-refractivity contribution is 9.10. The van der Waals surface area contributed by atoms with E-state index >= 15 is 0 Å². The first-order chi connectivity index (χ1) is 14.5. The second-order valence-electron chi connectivity index (χ2n) is 6.63. The van der Waals surface area contributed by atoms with Crippen LogP contribution in [0.4, 0.5) is 5.69 Å². The summed E-state index contributed by atoms with van der Waals surface area (Å²) in [4.78, 5) is 13.3. The van der Waals surface area contributed by atoms with Gasteiger partial charge in [0.25, 0.3) is 0 Å². The van der Waals surface area contributed by atoms with Gasteiger partial charge in [-0.1, -0.05) is 23.9 Å². The van der Waals surface area contributed by atoms with Crippen LogP contribution in [-0.2, 0) is 4.79 Å². The van der Waals surface area contributed by atoms with Crippen LogP contribution in [0.3, 0.4) is 0 Å². The molecule has 0 radical (unpaired) electrons. The van der Waals surface area contributed by atoms with Gasteiger partial charge in [0.1, 0.15) is 22.6 Å². The summed E-state index contributed by atoms with van der Waals surface area (Å²) in [5, 5.41) is 11.5. The summed E-state index contributed by atoms with van der Waals surface area (Å²) < 4.78 is 13.2. The van der Waals surface area contributed by atoms with E-state index in [0.29, 0.717) is 16.6 Å². The molecular formula is C20H20BrN5O3S. The topological polar surface area (TPSA) is 90.3 Å². The first-order valence-electron chi connectivity index (χ1n) is 9.13. The van der Waals surface area contributed by atoms with Crippen LogP contribution in [0, 0.1) is 6.92 Å². The number of methoxy groups -OCH3 is 2. The Balaban J connectivity index is 1.67. The van der Waals surface area contributed by atoms with E-state index in [1.807, 2.05) is 48.0 Å². The lowest BCUT2D eigenvalue weighted by Crippen LogP contribution is -2.41. The van der Waals surface area contributed by atoms with Gasteiger partial charge >= 0.3 is 0 Å². The fourth-order valence-electron chi connectivity index (χ4n) is 3.20. The molecule has 10 heteroatoms. The van der Waals surface area contributed by atoms with E-state index < -0.39 is 5.25 Å². The van der Waals surface area contributed by atoms with Gasteiger partial charge in [-0.3, -0.25) is 4.79 Å². The second kappa shape index (κ2) is 8.57. The molecule has 4 rings (SSSR count). The van der Waals surface area contributed by atoms with Gasteiger partial charge in [-0.2, -0.15) is 0 Å². The second-order valence-corrected chi connectivity index (χ2v) is 8.59. The van der Waals surface area contributed by atoms with Crippen molar-refractivity contribution >= 4 is 39.3 Å². The standard InChI is InChI=1S/C20H20BrN5O3S/c1-11-23-24-20-26(11)25-17(12-7-8-16(29-3)15(21)9-12)18(30-20)19(27)22-13-5-4-6-14(10-13)28-2/h4-10,17-18,25H,1-3H3,(H,22,27)/t17-,18-/m1/s1. The van der Waals surface area contributed by atoms with Gasteiger partial charge in [0.05, 0.1) is 24.7 Å². The molecule has 1 aliphatic rings. The van der Waals surface area contributed by atoms with Gasteiger partial charge in [-0.25, -0.2) is 4.68 Å². The normalized spacial score (nSPS) is 17.6. The number of hydrogen-bond donors (Lipinski definition) is 2. The van der Waals surface area contributed by atoms with Gasteiger partial charge in [0.15, 0.2) is 0 Å². The zero-order valence-corrected chi connectivity index (χ0v) is 19.0. The summed E-state index contributed by atoms with van der Waals surface area (Å²) in [5.41, 5.74) is 4.98. The van der Waals surface area contributed by atoms with Gasteiger partial charge in [0.2, 0.25) is 11.1 Å². The molecule has 0 unspecified atom stereocenters. The Kier molecular flexibility index (Phi) is 5.87. The van der Waals surface area contributed by atoms with Crippen molar-refractivity contribution in [2.24, 2.45) is 0 Å². The monoisotopic (exact) mass is 489 g/mol. The van der Waals surface area contributed by atoms with Gasteiger partial charge < -0.3 is 20.2 Å². The van der Waals surface area contributed by atoms with Crippen molar-refractivity contribution in [3.8, 4) is 11.5 Å². The van der Waals surface area contributed by atoms with Crippen LogP contribution in [-0.4, -0.2) is 40.3 Å². The minimum absolute atomic E-state index is 0.149. The number of aromatic nitrogens is 3. The van der Waals surface area contributed by atoms with Crippen LogP contribution in [0.15, 0.2) is 52.1 Å². The van der Waals surface area contributed by atoms with E-state index in [-0.39, 0.29) is 11.9 Å². The van der Waals surface area contributed by atoms with Crippen molar-refractivity contribution in [2.75, 3.05) is 25.0 Å². The Bertz CT molecular complexity index is 1090. The molecule has 0 spiro atoms. The van der Waals surface area contributed by atoms with Crippen LogP contribution in [0.1, 0.15) is 17.4 Å². The number of nitrogens with zero attached hydrogens (tertiary/aromatic N) is 3. The first-order valence-corrected chi connectivity index (χ1v) is 10.8. The summed E-state index contributed by atoms with van der Waals surface area (Å²) in [5.74, 6) is 1.97. The molecule has 0 bridgehead atoms. The maximum Gasteiger partial charge on any atom is 0.240 e. The third kappa shape index (κ3) is 3.97. The number of fused-ring (bicyclic) bond motifs is 1. The SMILES string of the molecule is COc1cccc(NC(=O)[C@@H]2Sc3nnc(C)n3N[C@@H]2c2ccc(OC)c(Br)c2)c1. The molecule has 2 aromatic carbocycles. The molecule has 3 aromatic rings. The average molecular weight is 490 g/mol. The number of carbonyl (C=O) groups excluding carboxylic acids is 1. The molecule has 8 nitrogen and oxygen atoms in total. The van der Waals surface area contributed by atoms with Crippen LogP contribution >= 0.6 is 27.7 Å². The summed E-state index contributed by atoms with van der Waals surface area (Å²) in [7, 11) is 3.21. The largest absolute Gasteiger partial charge is 0.497 e. The molecule has 1 amide bonds. The average Bonchev–Trinajstić information content (AvgIpc) is 3.12. The number of hydrogen-bond acceptors (Lipinski definition) is 7. The molecule has 2 N–H and O–H groups in total.